The molecule has 0 aliphatic rings. The van der Waals surface area contributed by atoms with Gasteiger partial charge < -0.3 is 4.90 Å². The molecule has 0 fully saturated rings. The lowest BCUT2D eigenvalue weighted by Gasteiger charge is -2.18. The number of nitrogens with zero attached hydrogens (tertiary/aromatic N) is 3. The second-order valence-corrected chi connectivity index (χ2v) is 6.78. The lowest BCUT2D eigenvalue weighted by Crippen LogP contribution is -2.30. The van der Waals surface area contributed by atoms with Gasteiger partial charge in [-0.2, -0.15) is 0 Å². The molecule has 0 spiro atoms. The quantitative estimate of drug-likeness (QED) is 0.521. The molecule has 6 nitrogen and oxygen atoms in total. The predicted molar refractivity (Wildman–Crippen MR) is 101 cm³/mol. The van der Waals surface area contributed by atoms with Gasteiger partial charge in [-0.05, 0) is 32.3 Å². The molecule has 0 unspecified atom stereocenters. The number of thioether (sulfide) groups is 1. The van der Waals surface area contributed by atoms with Crippen LogP contribution in [0.3, 0.4) is 0 Å². The molecule has 2 aromatic rings. The number of carbonyl (C=O) groups is 1. The molecule has 0 aliphatic carbocycles. The SMILES string of the molecule is CCN(CC)C(=O)CCCSc1n[nH]c(=O)n1CCc1ccccc1. The summed E-state index contributed by atoms with van der Waals surface area (Å²) in [6.45, 7) is 6.08. The summed E-state index contributed by atoms with van der Waals surface area (Å²) in [5.74, 6) is 0.955. The van der Waals surface area contributed by atoms with Gasteiger partial charge in [0.1, 0.15) is 0 Å². The zero-order chi connectivity index (χ0) is 18.1. The van der Waals surface area contributed by atoms with Gasteiger partial charge in [0.25, 0.3) is 0 Å². The fraction of sp³-hybridized carbons (Fsp3) is 0.500. The minimum absolute atomic E-state index is 0.183. The summed E-state index contributed by atoms with van der Waals surface area (Å²) in [5, 5.41) is 7.32. The third-order valence-electron chi connectivity index (χ3n) is 4.07. The van der Waals surface area contributed by atoms with Crippen molar-refractivity contribution in [3.63, 3.8) is 0 Å². The number of nitrogens with one attached hydrogen (secondary N) is 1. The first-order valence-corrected chi connectivity index (χ1v) is 9.74. The van der Waals surface area contributed by atoms with E-state index in [2.05, 4.69) is 22.3 Å². The summed E-state index contributed by atoms with van der Waals surface area (Å²) in [6.07, 6.45) is 2.10. The third-order valence-corrected chi connectivity index (χ3v) is 5.14. The van der Waals surface area contributed by atoms with Gasteiger partial charge in [-0.1, -0.05) is 42.1 Å². The molecular formula is C18H26N4O2S. The van der Waals surface area contributed by atoms with E-state index >= 15 is 0 Å². The van der Waals surface area contributed by atoms with Crippen molar-refractivity contribution in [3.8, 4) is 0 Å². The van der Waals surface area contributed by atoms with Crippen molar-refractivity contribution in [1.29, 1.82) is 0 Å². The van der Waals surface area contributed by atoms with Crippen molar-refractivity contribution < 1.29 is 4.79 Å². The number of amides is 1. The Kier molecular flexibility index (Phi) is 7.78. The molecule has 0 bridgehead atoms. The Morgan fingerprint density at radius 1 is 1.24 bits per heavy atom. The number of H-pyrrole nitrogens is 1. The van der Waals surface area contributed by atoms with Gasteiger partial charge in [0.2, 0.25) is 5.91 Å². The van der Waals surface area contributed by atoms with E-state index in [0.29, 0.717) is 18.1 Å². The number of aryl methyl sites for hydroxylation is 1. The van der Waals surface area contributed by atoms with E-state index < -0.39 is 0 Å². The van der Waals surface area contributed by atoms with Gasteiger partial charge in [-0.25, -0.2) is 9.89 Å². The second-order valence-electron chi connectivity index (χ2n) is 5.72. The van der Waals surface area contributed by atoms with Crippen LogP contribution >= 0.6 is 11.8 Å². The Bertz CT molecular complexity index is 707. The largest absolute Gasteiger partial charge is 0.343 e. The fourth-order valence-electron chi connectivity index (χ4n) is 2.62. The maximum Gasteiger partial charge on any atom is 0.343 e. The van der Waals surface area contributed by atoms with Gasteiger partial charge in [-0.15, -0.1) is 5.10 Å². The summed E-state index contributed by atoms with van der Waals surface area (Å²) in [4.78, 5) is 25.8. The third kappa shape index (κ3) is 5.77. The summed E-state index contributed by atoms with van der Waals surface area (Å²) < 4.78 is 1.67. The smallest absolute Gasteiger partial charge is 0.343 e. The average molecular weight is 362 g/mol. The first-order valence-electron chi connectivity index (χ1n) is 8.75. The van der Waals surface area contributed by atoms with E-state index in [-0.39, 0.29) is 11.6 Å². The minimum Gasteiger partial charge on any atom is -0.343 e. The second kappa shape index (κ2) is 10.1. The predicted octanol–water partition coefficient (Wildman–Crippen LogP) is 2.55. The number of benzene rings is 1. The highest BCUT2D eigenvalue weighted by Crippen LogP contribution is 2.16. The van der Waals surface area contributed by atoms with Gasteiger partial charge >= 0.3 is 5.69 Å². The maximum atomic E-state index is 12.0. The zero-order valence-corrected chi connectivity index (χ0v) is 15.7. The van der Waals surface area contributed by atoms with Crippen LogP contribution in [0.1, 0.15) is 32.3 Å². The van der Waals surface area contributed by atoms with Crippen molar-refractivity contribution in [2.24, 2.45) is 0 Å². The van der Waals surface area contributed by atoms with Crippen molar-refractivity contribution in [1.82, 2.24) is 19.7 Å². The zero-order valence-electron chi connectivity index (χ0n) is 14.9. The molecule has 136 valence electrons. The topological polar surface area (TPSA) is 71.0 Å². The molecule has 1 heterocycles. The number of rotatable bonds is 10. The van der Waals surface area contributed by atoms with Crippen LogP contribution in [-0.2, 0) is 17.8 Å². The Morgan fingerprint density at radius 3 is 2.64 bits per heavy atom. The van der Waals surface area contributed by atoms with Crippen molar-refractivity contribution in [2.45, 2.75) is 44.8 Å². The first-order chi connectivity index (χ1) is 12.2. The number of hydrogen-bond donors (Lipinski definition) is 1. The van der Waals surface area contributed by atoms with E-state index in [9.17, 15) is 9.59 Å². The highest BCUT2D eigenvalue weighted by atomic mass is 32.2. The maximum absolute atomic E-state index is 12.0. The van der Waals surface area contributed by atoms with Crippen LogP contribution in [0.15, 0.2) is 40.3 Å². The van der Waals surface area contributed by atoms with Gasteiger partial charge in [-0.3, -0.25) is 9.36 Å². The molecular weight excluding hydrogens is 336 g/mol. The number of hydrogen-bond acceptors (Lipinski definition) is 4. The first kappa shape index (κ1) is 19.3. The highest BCUT2D eigenvalue weighted by molar-refractivity contribution is 7.99. The monoisotopic (exact) mass is 362 g/mol. The molecule has 0 aliphatic heterocycles. The van der Waals surface area contributed by atoms with E-state index in [0.717, 1.165) is 31.7 Å². The lowest BCUT2D eigenvalue weighted by atomic mass is 10.1. The van der Waals surface area contributed by atoms with Crippen molar-refractivity contribution in [2.75, 3.05) is 18.8 Å². The Hall–Kier alpha value is -2.02. The van der Waals surface area contributed by atoms with Crippen LogP contribution in [0.4, 0.5) is 0 Å². The van der Waals surface area contributed by atoms with Gasteiger partial charge in [0.15, 0.2) is 5.16 Å². The molecule has 1 aromatic heterocycles. The van der Waals surface area contributed by atoms with Gasteiger partial charge in [0, 0.05) is 31.8 Å². The van der Waals surface area contributed by atoms with Crippen LogP contribution in [-0.4, -0.2) is 44.4 Å². The van der Waals surface area contributed by atoms with E-state index in [4.69, 9.17) is 0 Å². The van der Waals surface area contributed by atoms with Gasteiger partial charge in [0.05, 0.1) is 0 Å². The molecule has 1 aromatic carbocycles. The molecule has 0 saturated carbocycles. The molecule has 1 N–H and O–H groups in total. The summed E-state index contributed by atoms with van der Waals surface area (Å²) >= 11 is 1.52. The van der Waals surface area contributed by atoms with Crippen LogP contribution < -0.4 is 5.69 Å². The minimum atomic E-state index is -0.183. The molecule has 0 atom stereocenters. The number of aromatic nitrogens is 3. The van der Waals surface area contributed by atoms with Crippen molar-refractivity contribution in [3.05, 3.63) is 46.4 Å². The summed E-state index contributed by atoms with van der Waals surface area (Å²) in [5.41, 5.74) is 1.01. The van der Waals surface area contributed by atoms with Crippen LogP contribution in [0.5, 0.6) is 0 Å². The summed E-state index contributed by atoms with van der Waals surface area (Å²) in [6, 6.07) is 10.1. The Balaban J connectivity index is 1.83. The van der Waals surface area contributed by atoms with Crippen LogP contribution in [0.25, 0.3) is 0 Å². The molecule has 7 heteroatoms. The average Bonchev–Trinajstić information content (AvgIpc) is 2.98. The highest BCUT2D eigenvalue weighted by Gasteiger charge is 2.11. The van der Waals surface area contributed by atoms with Crippen LogP contribution in [0.2, 0.25) is 0 Å². The summed E-state index contributed by atoms with van der Waals surface area (Å²) in [7, 11) is 0. The standard InChI is InChI=1S/C18H26N4O2S/c1-3-21(4-2)16(23)11-8-14-25-18-20-19-17(24)22(18)13-12-15-9-6-5-7-10-15/h5-7,9-10H,3-4,8,11-14H2,1-2H3,(H,19,24). The van der Waals surface area contributed by atoms with E-state index in [1.165, 1.54) is 17.3 Å². The van der Waals surface area contributed by atoms with E-state index in [1.807, 2.05) is 36.9 Å². The molecule has 1 amide bonds. The molecule has 0 radical (unpaired) electrons. The number of carbonyl (C=O) groups excluding carboxylic acids is 1. The van der Waals surface area contributed by atoms with Crippen LogP contribution in [0, 0.1) is 0 Å². The normalized spacial score (nSPS) is 10.8. The molecule has 0 saturated heterocycles. The fourth-order valence-corrected chi connectivity index (χ4v) is 3.53. The molecule has 2 rings (SSSR count). The Morgan fingerprint density at radius 2 is 1.96 bits per heavy atom. The lowest BCUT2D eigenvalue weighted by molar-refractivity contribution is -0.130. The Labute approximate surface area is 152 Å². The number of aromatic amines is 1. The van der Waals surface area contributed by atoms with E-state index in [1.54, 1.807) is 4.57 Å². The van der Waals surface area contributed by atoms with Crippen molar-refractivity contribution >= 4 is 17.7 Å². The molecule has 25 heavy (non-hydrogen) atoms.